The molecule has 0 fully saturated rings. The van der Waals surface area contributed by atoms with Gasteiger partial charge < -0.3 is 0 Å². The minimum atomic E-state index is 0.613. The minimum Gasteiger partial charge on any atom is -0.238 e. The van der Waals surface area contributed by atoms with E-state index in [9.17, 15) is 0 Å². The van der Waals surface area contributed by atoms with Crippen LogP contribution in [0.25, 0.3) is 22.4 Å². The topological polar surface area (TPSA) is 38.7 Å². The molecule has 2 heterocycles. The van der Waals surface area contributed by atoms with E-state index < -0.39 is 0 Å². The molecule has 3 aromatic rings. The third-order valence-electron chi connectivity index (χ3n) is 2.50. The van der Waals surface area contributed by atoms with Crippen LogP contribution in [0.2, 0.25) is 0 Å². The van der Waals surface area contributed by atoms with Gasteiger partial charge in [-0.05, 0) is 50.1 Å². The molecule has 0 bridgehead atoms. The van der Waals surface area contributed by atoms with Gasteiger partial charge >= 0.3 is 0 Å². The van der Waals surface area contributed by atoms with E-state index in [1.807, 2.05) is 42.5 Å². The first-order chi connectivity index (χ1) is 8.74. The van der Waals surface area contributed by atoms with Crippen molar-refractivity contribution in [1.29, 1.82) is 0 Å². The Balaban J connectivity index is 2.24. The van der Waals surface area contributed by atoms with Crippen molar-refractivity contribution >= 4 is 42.8 Å². The quantitative estimate of drug-likeness (QED) is 0.479. The van der Waals surface area contributed by atoms with Crippen molar-refractivity contribution in [1.82, 2.24) is 15.0 Å². The Hall–Kier alpha value is -1.33. The second-order valence-corrected chi connectivity index (χ2v) is 5.26. The van der Waals surface area contributed by atoms with E-state index >= 15 is 0 Å². The predicted octanol–water partition coefficient (Wildman–Crippen LogP) is 4.22. The molecule has 0 amide bonds. The van der Waals surface area contributed by atoms with Gasteiger partial charge in [-0.25, -0.2) is 15.0 Å². The highest BCUT2D eigenvalue weighted by molar-refractivity contribution is 9.10. The van der Waals surface area contributed by atoms with Gasteiger partial charge in [-0.3, -0.25) is 0 Å². The maximum atomic E-state index is 4.52. The van der Waals surface area contributed by atoms with Crippen molar-refractivity contribution in [2.75, 3.05) is 0 Å². The Morgan fingerprint density at radius 3 is 2.44 bits per heavy atom. The molecule has 88 valence electrons. The molecule has 0 saturated heterocycles. The van der Waals surface area contributed by atoms with E-state index in [4.69, 9.17) is 0 Å². The highest BCUT2D eigenvalue weighted by Gasteiger charge is 2.08. The molecular weight excluding hydrogens is 358 g/mol. The van der Waals surface area contributed by atoms with Crippen molar-refractivity contribution < 1.29 is 0 Å². The number of hydrogen-bond acceptors (Lipinski definition) is 3. The average molecular weight is 365 g/mol. The summed E-state index contributed by atoms with van der Waals surface area (Å²) in [6.07, 6.45) is 0. The zero-order chi connectivity index (χ0) is 12.5. The lowest BCUT2D eigenvalue weighted by molar-refractivity contribution is 1.15. The Kier molecular flexibility index (Phi) is 3.09. The van der Waals surface area contributed by atoms with Gasteiger partial charge in [-0.1, -0.05) is 24.3 Å². The number of halogens is 2. The van der Waals surface area contributed by atoms with Crippen LogP contribution in [-0.2, 0) is 0 Å². The summed E-state index contributed by atoms with van der Waals surface area (Å²) in [6, 6.07) is 13.5. The van der Waals surface area contributed by atoms with Gasteiger partial charge in [-0.2, -0.15) is 0 Å². The average Bonchev–Trinajstić information content (AvgIpc) is 2.39. The molecule has 0 N–H and O–H groups in total. The third kappa shape index (κ3) is 2.15. The van der Waals surface area contributed by atoms with Gasteiger partial charge in [0, 0.05) is 5.39 Å². The van der Waals surface area contributed by atoms with E-state index in [1.165, 1.54) is 0 Å². The highest BCUT2D eigenvalue weighted by Crippen LogP contribution is 2.24. The number of nitrogens with zero attached hydrogens (tertiary/aromatic N) is 3. The van der Waals surface area contributed by atoms with Gasteiger partial charge in [0.15, 0.2) is 5.82 Å². The normalized spacial score (nSPS) is 10.8. The van der Waals surface area contributed by atoms with Gasteiger partial charge in [0.05, 0.1) is 5.52 Å². The first-order valence-corrected chi connectivity index (χ1v) is 6.88. The van der Waals surface area contributed by atoms with E-state index in [1.54, 1.807) is 0 Å². The molecule has 0 radical (unpaired) electrons. The molecule has 0 spiro atoms. The summed E-state index contributed by atoms with van der Waals surface area (Å²) in [6.45, 7) is 0. The van der Waals surface area contributed by atoms with Crippen molar-refractivity contribution in [2.24, 2.45) is 0 Å². The number of para-hydroxylation sites is 1. The molecule has 5 heteroatoms. The molecule has 3 rings (SSSR count). The fourth-order valence-electron chi connectivity index (χ4n) is 1.69. The van der Waals surface area contributed by atoms with Crippen LogP contribution in [0.15, 0.2) is 51.7 Å². The van der Waals surface area contributed by atoms with Crippen LogP contribution in [0.4, 0.5) is 0 Å². The lowest BCUT2D eigenvalue weighted by atomic mass is 10.2. The van der Waals surface area contributed by atoms with E-state index in [0.29, 0.717) is 5.82 Å². The molecule has 0 saturated carbocycles. The van der Waals surface area contributed by atoms with E-state index in [-0.39, 0.29) is 0 Å². The van der Waals surface area contributed by atoms with Crippen LogP contribution >= 0.6 is 31.9 Å². The van der Waals surface area contributed by atoms with Crippen LogP contribution in [0.1, 0.15) is 0 Å². The Labute approximate surface area is 121 Å². The van der Waals surface area contributed by atoms with Crippen LogP contribution in [-0.4, -0.2) is 15.0 Å². The summed E-state index contributed by atoms with van der Waals surface area (Å²) in [7, 11) is 0. The molecule has 0 aliphatic carbocycles. The summed E-state index contributed by atoms with van der Waals surface area (Å²) in [5.41, 5.74) is 1.65. The second-order valence-electron chi connectivity index (χ2n) is 3.70. The lowest BCUT2D eigenvalue weighted by Crippen LogP contribution is -1.94. The van der Waals surface area contributed by atoms with Gasteiger partial charge in [0.25, 0.3) is 0 Å². The monoisotopic (exact) mass is 363 g/mol. The number of benzene rings is 1. The Bertz CT molecular complexity index is 728. The largest absolute Gasteiger partial charge is 0.238 e. The highest BCUT2D eigenvalue weighted by atomic mass is 79.9. The maximum Gasteiger partial charge on any atom is 0.179 e. The van der Waals surface area contributed by atoms with Crippen LogP contribution in [0.3, 0.4) is 0 Å². The van der Waals surface area contributed by atoms with E-state index in [0.717, 1.165) is 25.8 Å². The fraction of sp³-hybridized carbons (Fsp3) is 0. The molecule has 3 nitrogen and oxygen atoms in total. The van der Waals surface area contributed by atoms with Crippen LogP contribution in [0.5, 0.6) is 0 Å². The predicted molar refractivity (Wildman–Crippen MR) is 78.2 cm³/mol. The van der Waals surface area contributed by atoms with Gasteiger partial charge in [0.1, 0.15) is 14.9 Å². The molecule has 1 aromatic carbocycles. The first kappa shape index (κ1) is 11.7. The third-order valence-corrected chi connectivity index (χ3v) is 3.55. The molecule has 18 heavy (non-hydrogen) atoms. The SMILES string of the molecule is Brc1cccc(-c2nc(Br)c3ccccc3n2)n1. The van der Waals surface area contributed by atoms with Gasteiger partial charge in [0.2, 0.25) is 0 Å². The number of rotatable bonds is 1. The first-order valence-electron chi connectivity index (χ1n) is 5.29. The van der Waals surface area contributed by atoms with Crippen LogP contribution in [0, 0.1) is 0 Å². The minimum absolute atomic E-state index is 0.613. The number of aromatic nitrogens is 3. The summed E-state index contributed by atoms with van der Waals surface area (Å²) in [5.74, 6) is 0.613. The summed E-state index contributed by atoms with van der Waals surface area (Å²) >= 11 is 6.82. The Morgan fingerprint density at radius 2 is 1.61 bits per heavy atom. The lowest BCUT2D eigenvalue weighted by Gasteiger charge is -2.04. The van der Waals surface area contributed by atoms with Crippen molar-refractivity contribution in [2.45, 2.75) is 0 Å². The molecule has 0 unspecified atom stereocenters. The van der Waals surface area contributed by atoms with Crippen molar-refractivity contribution in [3.63, 3.8) is 0 Å². The van der Waals surface area contributed by atoms with Gasteiger partial charge in [-0.15, -0.1) is 0 Å². The van der Waals surface area contributed by atoms with Crippen molar-refractivity contribution in [3.05, 3.63) is 51.7 Å². The Morgan fingerprint density at radius 1 is 0.778 bits per heavy atom. The number of pyridine rings is 1. The molecule has 0 atom stereocenters. The van der Waals surface area contributed by atoms with Crippen LogP contribution < -0.4 is 0 Å². The molecule has 0 aliphatic rings. The fourth-order valence-corrected chi connectivity index (χ4v) is 2.53. The molecular formula is C13H7Br2N3. The second kappa shape index (κ2) is 4.74. The molecule has 2 aromatic heterocycles. The summed E-state index contributed by atoms with van der Waals surface area (Å²) in [5, 5.41) is 0.997. The smallest absolute Gasteiger partial charge is 0.179 e. The maximum absolute atomic E-state index is 4.52. The molecule has 0 aliphatic heterocycles. The van der Waals surface area contributed by atoms with Crippen molar-refractivity contribution in [3.8, 4) is 11.5 Å². The standard InChI is InChI=1S/C13H7Br2N3/c14-11-7-3-6-10(16-11)13-17-9-5-2-1-4-8(9)12(15)18-13/h1-7H. The number of hydrogen-bond donors (Lipinski definition) is 0. The summed E-state index contributed by atoms with van der Waals surface area (Å²) < 4.78 is 1.55. The van der Waals surface area contributed by atoms with E-state index in [2.05, 4.69) is 46.8 Å². The zero-order valence-electron chi connectivity index (χ0n) is 9.14. The summed E-state index contributed by atoms with van der Waals surface area (Å²) in [4.78, 5) is 13.3. The number of fused-ring (bicyclic) bond motifs is 1. The zero-order valence-corrected chi connectivity index (χ0v) is 12.3.